The lowest BCUT2D eigenvalue weighted by atomic mass is 10.1. The lowest BCUT2D eigenvalue weighted by Crippen LogP contribution is -2.34. The van der Waals surface area contributed by atoms with Crippen LogP contribution in [0.3, 0.4) is 0 Å². The van der Waals surface area contributed by atoms with Gasteiger partial charge in [-0.25, -0.2) is 0 Å². The van der Waals surface area contributed by atoms with Crippen molar-refractivity contribution in [1.29, 1.82) is 0 Å². The number of benzene rings is 1. The highest BCUT2D eigenvalue weighted by Crippen LogP contribution is 2.18. The Labute approximate surface area is 163 Å². The summed E-state index contributed by atoms with van der Waals surface area (Å²) in [4.78, 5) is 28.7. The molecule has 140 valence electrons. The number of hydrogen-bond acceptors (Lipinski definition) is 3. The van der Waals surface area contributed by atoms with E-state index in [4.69, 9.17) is 0 Å². The summed E-state index contributed by atoms with van der Waals surface area (Å²) in [5.74, 6) is -0.222. The fraction of sp³-hybridized carbons (Fsp3) is 0.273. The molecule has 0 unspecified atom stereocenters. The molecule has 0 atom stereocenters. The van der Waals surface area contributed by atoms with Gasteiger partial charge in [-0.3, -0.25) is 9.59 Å². The van der Waals surface area contributed by atoms with Gasteiger partial charge < -0.3 is 9.47 Å². The molecule has 0 aliphatic carbocycles. The molecule has 1 amide bonds. The van der Waals surface area contributed by atoms with Crippen molar-refractivity contribution in [2.75, 3.05) is 7.05 Å². The summed E-state index contributed by atoms with van der Waals surface area (Å²) in [5.41, 5.74) is 2.82. The van der Waals surface area contributed by atoms with Gasteiger partial charge in [-0.1, -0.05) is 43.3 Å². The minimum Gasteiger partial charge on any atom is -0.343 e. The maximum Gasteiger partial charge on any atom is 0.259 e. The van der Waals surface area contributed by atoms with Crippen LogP contribution in [0.2, 0.25) is 0 Å². The Morgan fingerprint density at radius 2 is 1.89 bits per heavy atom. The van der Waals surface area contributed by atoms with E-state index in [1.165, 1.54) is 4.88 Å². The van der Waals surface area contributed by atoms with Crippen LogP contribution < -0.4 is 5.43 Å². The van der Waals surface area contributed by atoms with Gasteiger partial charge in [-0.05, 0) is 30.4 Å². The first-order chi connectivity index (χ1) is 13.0. The summed E-state index contributed by atoms with van der Waals surface area (Å²) < 4.78 is 2.09. The van der Waals surface area contributed by atoms with E-state index in [-0.39, 0.29) is 16.9 Å². The van der Waals surface area contributed by atoms with E-state index in [1.807, 2.05) is 55.6 Å². The molecule has 0 fully saturated rings. The van der Waals surface area contributed by atoms with Crippen LogP contribution in [-0.2, 0) is 19.5 Å². The standard InChI is InChI=1S/C22H24N2O2S/c1-4-19-21(22(26)23(3)14-17-9-6-5-7-10-17)20(25)13-16(2)24(19)15-18-11-8-12-27-18/h5-13H,4,14-15H2,1-3H3. The van der Waals surface area contributed by atoms with E-state index in [2.05, 4.69) is 10.6 Å². The Kier molecular flexibility index (Phi) is 5.91. The molecular weight excluding hydrogens is 356 g/mol. The van der Waals surface area contributed by atoms with Crippen molar-refractivity contribution >= 4 is 17.2 Å². The second-order valence-electron chi connectivity index (χ2n) is 6.64. The third-order valence-electron chi connectivity index (χ3n) is 4.68. The molecule has 0 aliphatic heterocycles. The zero-order chi connectivity index (χ0) is 19.4. The SMILES string of the molecule is CCc1c(C(=O)N(C)Cc2ccccc2)c(=O)cc(C)n1Cc1cccs1. The molecule has 0 aliphatic rings. The predicted molar refractivity (Wildman–Crippen MR) is 110 cm³/mol. The highest BCUT2D eigenvalue weighted by Gasteiger charge is 2.22. The van der Waals surface area contributed by atoms with Crippen LogP contribution in [0.5, 0.6) is 0 Å². The Hall–Kier alpha value is -2.66. The quantitative estimate of drug-likeness (QED) is 0.646. The Balaban J connectivity index is 1.98. The van der Waals surface area contributed by atoms with Crippen LogP contribution in [0.4, 0.5) is 0 Å². The molecule has 5 heteroatoms. The van der Waals surface area contributed by atoms with Crippen LogP contribution in [0, 0.1) is 6.92 Å². The van der Waals surface area contributed by atoms with E-state index in [9.17, 15) is 9.59 Å². The molecule has 0 spiro atoms. The second kappa shape index (κ2) is 8.35. The maximum absolute atomic E-state index is 13.1. The number of rotatable bonds is 6. The molecule has 1 aromatic carbocycles. The summed E-state index contributed by atoms with van der Waals surface area (Å²) in [7, 11) is 1.75. The Morgan fingerprint density at radius 1 is 1.15 bits per heavy atom. The summed E-state index contributed by atoms with van der Waals surface area (Å²) in [6.07, 6.45) is 0.628. The van der Waals surface area contributed by atoms with E-state index in [1.54, 1.807) is 29.4 Å². The molecule has 0 saturated heterocycles. The number of thiophene rings is 1. The maximum atomic E-state index is 13.1. The molecule has 0 saturated carbocycles. The lowest BCUT2D eigenvalue weighted by molar-refractivity contribution is 0.0781. The minimum atomic E-state index is -0.222. The van der Waals surface area contributed by atoms with Gasteiger partial charge in [0.15, 0.2) is 5.43 Å². The van der Waals surface area contributed by atoms with Gasteiger partial charge in [0.1, 0.15) is 5.56 Å². The average molecular weight is 381 g/mol. The molecule has 4 nitrogen and oxygen atoms in total. The van der Waals surface area contributed by atoms with Crippen LogP contribution in [0.15, 0.2) is 58.7 Å². The van der Waals surface area contributed by atoms with Crippen molar-refractivity contribution in [2.45, 2.75) is 33.4 Å². The van der Waals surface area contributed by atoms with Crippen molar-refractivity contribution in [3.05, 3.63) is 91.5 Å². The van der Waals surface area contributed by atoms with Crippen LogP contribution in [-0.4, -0.2) is 22.4 Å². The number of amides is 1. The largest absolute Gasteiger partial charge is 0.343 e. The number of nitrogens with zero attached hydrogens (tertiary/aromatic N) is 2. The smallest absolute Gasteiger partial charge is 0.259 e. The number of hydrogen-bond donors (Lipinski definition) is 0. The van der Waals surface area contributed by atoms with E-state index < -0.39 is 0 Å². The van der Waals surface area contributed by atoms with Gasteiger partial charge in [0.25, 0.3) is 5.91 Å². The van der Waals surface area contributed by atoms with Gasteiger partial charge in [0, 0.05) is 35.9 Å². The van der Waals surface area contributed by atoms with Crippen LogP contribution in [0.25, 0.3) is 0 Å². The van der Waals surface area contributed by atoms with Gasteiger partial charge >= 0.3 is 0 Å². The monoisotopic (exact) mass is 380 g/mol. The molecule has 27 heavy (non-hydrogen) atoms. The number of aromatic nitrogens is 1. The molecule has 3 rings (SSSR count). The van der Waals surface area contributed by atoms with Gasteiger partial charge in [-0.15, -0.1) is 11.3 Å². The molecule has 2 heterocycles. The molecule has 0 radical (unpaired) electrons. The zero-order valence-electron chi connectivity index (χ0n) is 15.9. The number of carbonyl (C=O) groups excluding carboxylic acids is 1. The molecule has 0 N–H and O–H groups in total. The molecule has 3 aromatic rings. The number of pyridine rings is 1. The predicted octanol–water partition coefficient (Wildman–Crippen LogP) is 4.10. The van der Waals surface area contributed by atoms with Gasteiger partial charge in [0.05, 0.1) is 6.54 Å². The van der Waals surface area contributed by atoms with E-state index in [0.29, 0.717) is 19.5 Å². The molecular formula is C22H24N2O2S. The summed E-state index contributed by atoms with van der Waals surface area (Å²) in [6, 6.07) is 15.5. The van der Waals surface area contributed by atoms with Crippen molar-refractivity contribution in [3.63, 3.8) is 0 Å². The molecule has 0 bridgehead atoms. The zero-order valence-corrected chi connectivity index (χ0v) is 16.8. The lowest BCUT2D eigenvalue weighted by Gasteiger charge is -2.22. The first-order valence-electron chi connectivity index (χ1n) is 9.06. The first-order valence-corrected chi connectivity index (χ1v) is 9.94. The first kappa shape index (κ1) is 19.1. The number of aryl methyl sites for hydroxylation is 1. The van der Waals surface area contributed by atoms with Crippen LogP contribution >= 0.6 is 11.3 Å². The van der Waals surface area contributed by atoms with Crippen molar-refractivity contribution in [1.82, 2.24) is 9.47 Å². The highest BCUT2D eigenvalue weighted by molar-refractivity contribution is 7.09. The number of carbonyl (C=O) groups is 1. The van der Waals surface area contributed by atoms with Crippen molar-refractivity contribution in [2.24, 2.45) is 0 Å². The highest BCUT2D eigenvalue weighted by atomic mass is 32.1. The van der Waals surface area contributed by atoms with Crippen molar-refractivity contribution < 1.29 is 4.79 Å². The fourth-order valence-corrected chi connectivity index (χ4v) is 4.02. The van der Waals surface area contributed by atoms with Gasteiger partial charge in [-0.2, -0.15) is 0 Å². The van der Waals surface area contributed by atoms with E-state index in [0.717, 1.165) is 17.0 Å². The second-order valence-corrected chi connectivity index (χ2v) is 7.67. The summed E-state index contributed by atoms with van der Waals surface area (Å²) in [6.45, 7) is 5.07. The minimum absolute atomic E-state index is 0.198. The average Bonchev–Trinajstić information content (AvgIpc) is 3.17. The van der Waals surface area contributed by atoms with E-state index >= 15 is 0 Å². The summed E-state index contributed by atoms with van der Waals surface area (Å²) >= 11 is 1.68. The third-order valence-corrected chi connectivity index (χ3v) is 5.54. The molecule has 2 aromatic heterocycles. The normalized spacial score (nSPS) is 10.8. The Bertz CT molecular complexity index is 976. The summed E-state index contributed by atoms with van der Waals surface area (Å²) in [5, 5.41) is 2.04. The van der Waals surface area contributed by atoms with Crippen LogP contribution in [0.1, 0.15) is 39.1 Å². The Morgan fingerprint density at radius 3 is 2.52 bits per heavy atom. The fourth-order valence-electron chi connectivity index (χ4n) is 3.32. The van der Waals surface area contributed by atoms with Crippen molar-refractivity contribution in [3.8, 4) is 0 Å². The van der Waals surface area contributed by atoms with Gasteiger partial charge in [0.2, 0.25) is 0 Å². The third kappa shape index (κ3) is 4.19. The topological polar surface area (TPSA) is 42.3 Å².